The molecule has 0 amide bonds. The maximum atomic E-state index is 4.93. The predicted molar refractivity (Wildman–Crippen MR) is 68.9 cm³/mol. The summed E-state index contributed by atoms with van der Waals surface area (Å²) < 4.78 is 6.66. The van der Waals surface area contributed by atoms with Gasteiger partial charge in [0.2, 0.25) is 5.88 Å². The number of hydrogen-bond acceptors (Lipinski definition) is 2. The van der Waals surface area contributed by atoms with E-state index in [0.717, 1.165) is 5.56 Å². The van der Waals surface area contributed by atoms with E-state index in [1.165, 1.54) is 32.1 Å². The van der Waals surface area contributed by atoms with E-state index in [4.69, 9.17) is 4.74 Å². The summed E-state index contributed by atoms with van der Waals surface area (Å²) in [5, 5.41) is 4.02. The fraction of sp³-hybridized carbons (Fsp3) is 0.769. The highest BCUT2D eigenvalue weighted by atomic mass is 16.5. The standard InChI is InChI=1S/C7H16.C6H10N2O/c1-3-5-7-6-4-2;1-5-4-8(2)7-6(5)9-3/h3-7H2,1-2H3;4H,1-3H3. The molecule has 0 aromatic carbocycles. The number of unbranched alkanes of at least 4 members (excludes halogenated alkanes) is 4. The molecule has 1 heterocycles. The van der Waals surface area contributed by atoms with Crippen molar-refractivity contribution < 1.29 is 4.74 Å². The van der Waals surface area contributed by atoms with Crippen molar-refractivity contribution in [2.75, 3.05) is 7.11 Å². The molecule has 0 radical (unpaired) electrons. The number of methoxy groups -OCH3 is 1. The van der Waals surface area contributed by atoms with Crippen LogP contribution in [0.1, 0.15) is 51.5 Å². The van der Waals surface area contributed by atoms with Crippen LogP contribution in [0.15, 0.2) is 6.20 Å². The average molecular weight is 226 g/mol. The molecular weight excluding hydrogens is 200 g/mol. The highest BCUT2D eigenvalue weighted by Crippen LogP contribution is 2.11. The molecule has 16 heavy (non-hydrogen) atoms. The Hall–Kier alpha value is -0.990. The van der Waals surface area contributed by atoms with Crippen LogP contribution in [0.5, 0.6) is 5.88 Å². The molecule has 1 rings (SSSR count). The van der Waals surface area contributed by atoms with Crippen LogP contribution < -0.4 is 4.74 Å². The quantitative estimate of drug-likeness (QED) is 0.716. The highest BCUT2D eigenvalue weighted by molar-refractivity contribution is 5.20. The van der Waals surface area contributed by atoms with Crippen molar-refractivity contribution in [3.8, 4) is 5.88 Å². The van der Waals surface area contributed by atoms with Gasteiger partial charge in [-0.15, -0.1) is 5.10 Å². The zero-order valence-electron chi connectivity index (χ0n) is 11.4. The van der Waals surface area contributed by atoms with Gasteiger partial charge in [-0.05, 0) is 6.92 Å². The molecule has 0 aliphatic heterocycles. The third-order valence-electron chi connectivity index (χ3n) is 2.37. The van der Waals surface area contributed by atoms with Gasteiger partial charge < -0.3 is 4.74 Å². The lowest BCUT2D eigenvalue weighted by Gasteiger charge is -1.90. The Morgan fingerprint density at radius 3 is 2.00 bits per heavy atom. The average Bonchev–Trinajstić information content (AvgIpc) is 2.59. The van der Waals surface area contributed by atoms with E-state index in [1.54, 1.807) is 11.8 Å². The van der Waals surface area contributed by atoms with Crippen LogP contribution in [-0.4, -0.2) is 16.9 Å². The minimum atomic E-state index is 0.706. The topological polar surface area (TPSA) is 27.1 Å². The number of nitrogens with zero attached hydrogens (tertiary/aromatic N) is 2. The molecule has 0 saturated heterocycles. The summed E-state index contributed by atoms with van der Waals surface area (Å²) >= 11 is 0. The molecule has 0 aliphatic carbocycles. The molecule has 0 spiro atoms. The SMILES string of the molecule is CCCCCCC.COc1nn(C)cc1C. The summed E-state index contributed by atoms with van der Waals surface area (Å²) in [4.78, 5) is 0. The fourth-order valence-electron chi connectivity index (χ4n) is 1.47. The molecule has 94 valence electrons. The van der Waals surface area contributed by atoms with Gasteiger partial charge in [0.15, 0.2) is 0 Å². The molecule has 0 fully saturated rings. The third kappa shape index (κ3) is 6.49. The van der Waals surface area contributed by atoms with E-state index in [0.29, 0.717) is 5.88 Å². The van der Waals surface area contributed by atoms with E-state index < -0.39 is 0 Å². The summed E-state index contributed by atoms with van der Waals surface area (Å²) in [6.07, 6.45) is 8.92. The lowest BCUT2D eigenvalue weighted by atomic mass is 10.2. The minimum Gasteiger partial charge on any atom is -0.480 e. The minimum absolute atomic E-state index is 0.706. The number of hydrogen-bond donors (Lipinski definition) is 0. The zero-order chi connectivity index (χ0) is 12.4. The second kappa shape index (κ2) is 9.25. The molecule has 1 aromatic heterocycles. The fourth-order valence-corrected chi connectivity index (χ4v) is 1.47. The van der Waals surface area contributed by atoms with Crippen LogP contribution in [0.2, 0.25) is 0 Å². The lowest BCUT2D eigenvalue weighted by molar-refractivity contribution is 0.389. The van der Waals surface area contributed by atoms with E-state index in [2.05, 4.69) is 18.9 Å². The summed E-state index contributed by atoms with van der Waals surface area (Å²) in [5.74, 6) is 0.706. The van der Waals surface area contributed by atoms with E-state index in [1.807, 2.05) is 20.2 Å². The monoisotopic (exact) mass is 226 g/mol. The summed E-state index contributed by atoms with van der Waals surface area (Å²) in [6.45, 7) is 6.46. The number of rotatable bonds is 5. The van der Waals surface area contributed by atoms with Crippen LogP contribution in [0.25, 0.3) is 0 Å². The van der Waals surface area contributed by atoms with E-state index in [-0.39, 0.29) is 0 Å². The second-order valence-electron chi connectivity index (χ2n) is 4.06. The Morgan fingerprint density at radius 1 is 1.19 bits per heavy atom. The van der Waals surface area contributed by atoms with Gasteiger partial charge in [0.1, 0.15) is 0 Å². The molecule has 3 nitrogen and oxygen atoms in total. The first-order valence-corrected chi connectivity index (χ1v) is 6.19. The van der Waals surface area contributed by atoms with Crippen molar-refractivity contribution >= 4 is 0 Å². The summed E-state index contributed by atoms with van der Waals surface area (Å²) in [6, 6.07) is 0. The molecule has 1 aromatic rings. The van der Waals surface area contributed by atoms with Gasteiger partial charge in [0, 0.05) is 18.8 Å². The molecule has 0 bridgehead atoms. The largest absolute Gasteiger partial charge is 0.480 e. The first kappa shape index (κ1) is 15.0. The van der Waals surface area contributed by atoms with Crippen molar-refractivity contribution in [2.24, 2.45) is 7.05 Å². The van der Waals surface area contributed by atoms with Crippen molar-refractivity contribution in [1.29, 1.82) is 0 Å². The third-order valence-corrected chi connectivity index (χ3v) is 2.37. The first-order chi connectivity index (χ1) is 7.65. The molecule has 0 unspecified atom stereocenters. The Bertz CT molecular complexity index is 265. The molecule has 0 saturated carbocycles. The number of ether oxygens (including phenoxy) is 1. The number of aromatic nitrogens is 2. The smallest absolute Gasteiger partial charge is 0.235 e. The van der Waals surface area contributed by atoms with Gasteiger partial charge in [0.05, 0.1) is 7.11 Å². The zero-order valence-corrected chi connectivity index (χ0v) is 11.4. The Morgan fingerprint density at radius 2 is 1.75 bits per heavy atom. The van der Waals surface area contributed by atoms with Crippen LogP contribution in [0.4, 0.5) is 0 Å². The van der Waals surface area contributed by atoms with Gasteiger partial charge >= 0.3 is 0 Å². The van der Waals surface area contributed by atoms with Gasteiger partial charge in [-0.1, -0.05) is 46.0 Å². The van der Waals surface area contributed by atoms with Crippen LogP contribution in [0, 0.1) is 6.92 Å². The van der Waals surface area contributed by atoms with Crippen LogP contribution in [0.3, 0.4) is 0 Å². The highest BCUT2D eigenvalue weighted by Gasteiger charge is 1.99. The second-order valence-corrected chi connectivity index (χ2v) is 4.06. The van der Waals surface area contributed by atoms with Gasteiger partial charge in [-0.25, -0.2) is 0 Å². The Balaban J connectivity index is 0.000000293. The maximum Gasteiger partial charge on any atom is 0.235 e. The van der Waals surface area contributed by atoms with Crippen molar-refractivity contribution in [1.82, 2.24) is 9.78 Å². The van der Waals surface area contributed by atoms with Crippen molar-refractivity contribution in [2.45, 2.75) is 52.9 Å². The van der Waals surface area contributed by atoms with Gasteiger partial charge in [-0.2, -0.15) is 0 Å². The molecule has 3 heteroatoms. The molecule has 0 N–H and O–H groups in total. The van der Waals surface area contributed by atoms with Crippen molar-refractivity contribution in [3.63, 3.8) is 0 Å². The summed E-state index contributed by atoms with van der Waals surface area (Å²) in [5.41, 5.74) is 1.07. The molecule has 0 aliphatic rings. The van der Waals surface area contributed by atoms with Gasteiger partial charge in [-0.3, -0.25) is 4.68 Å². The Labute approximate surface area is 99.8 Å². The maximum absolute atomic E-state index is 4.93. The molecule has 0 atom stereocenters. The lowest BCUT2D eigenvalue weighted by Crippen LogP contribution is -1.88. The number of aryl methyl sites for hydroxylation is 2. The normalized spacial score (nSPS) is 9.56. The first-order valence-electron chi connectivity index (χ1n) is 6.19. The van der Waals surface area contributed by atoms with Crippen molar-refractivity contribution in [3.05, 3.63) is 11.8 Å². The predicted octanol–water partition coefficient (Wildman–Crippen LogP) is 3.71. The van der Waals surface area contributed by atoms with Crippen LogP contribution in [-0.2, 0) is 7.05 Å². The molecular formula is C13H26N2O. The van der Waals surface area contributed by atoms with E-state index in [9.17, 15) is 0 Å². The van der Waals surface area contributed by atoms with E-state index >= 15 is 0 Å². The van der Waals surface area contributed by atoms with Gasteiger partial charge in [0.25, 0.3) is 0 Å². The van der Waals surface area contributed by atoms with Crippen LogP contribution >= 0.6 is 0 Å². The Kier molecular flexibility index (Phi) is 8.68. The summed E-state index contributed by atoms with van der Waals surface area (Å²) in [7, 11) is 3.49.